The van der Waals surface area contributed by atoms with Gasteiger partial charge in [-0.1, -0.05) is 31.1 Å². The molecule has 2 aliphatic carbocycles. The molecule has 3 N–H and O–H groups in total. The normalized spacial score (nSPS) is 23.1. The SMILES string of the molecule is CC1=C(F)CC#CC(c2cc(C3CCCCC3)n(CCC(N)O)n2)C1. The number of allylic oxidation sites excluding steroid dienone is 2. The molecule has 0 radical (unpaired) electrons. The molecule has 1 saturated carbocycles. The van der Waals surface area contributed by atoms with Gasteiger partial charge in [-0.05, 0) is 37.8 Å². The molecule has 1 heterocycles. The van der Waals surface area contributed by atoms with Crippen molar-refractivity contribution < 1.29 is 9.50 Å². The van der Waals surface area contributed by atoms with Gasteiger partial charge in [0.15, 0.2) is 0 Å². The van der Waals surface area contributed by atoms with Crippen LogP contribution >= 0.6 is 0 Å². The minimum Gasteiger partial charge on any atom is -0.379 e. The largest absolute Gasteiger partial charge is 0.379 e. The van der Waals surface area contributed by atoms with E-state index in [2.05, 4.69) is 17.9 Å². The molecule has 136 valence electrons. The van der Waals surface area contributed by atoms with E-state index in [1.807, 2.05) is 11.6 Å². The minimum absolute atomic E-state index is 0.0559. The molecule has 1 aromatic rings. The summed E-state index contributed by atoms with van der Waals surface area (Å²) in [6.45, 7) is 2.44. The number of nitrogens with zero attached hydrogens (tertiary/aromatic N) is 2. The first-order valence-corrected chi connectivity index (χ1v) is 9.38. The van der Waals surface area contributed by atoms with Crippen molar-refractivity contribution in [1.82, 2.24) is 9.78 Å². The highest BCUT2D eigenvalue weighted by molar-refractivity contribution is 5.32. The molecule has 25 heavy (non-hydrogen) atoms. The van der Waals surface area contributed by atoms with E-state index in [0.29, 0.717) is 25.3 Å². The maximum atomic E-state index is 13.8. The molecule has 1 aromatic heterocycles. The average Bonchev–Trinajstić information content (AvgIpc) is 2.96. The maximum Gasteiger partial charge on any atom is 0.111 e. The van der Waals surface area contributed by atoms with Crippen LogP contribution in [0.1, 0.15) is 81.5 Å². The monoisotopic (exact) mass is 345 g/mol. The van der Waals surface area contributed by atoms with Crippen LogP contribution in [0.2, 0.25) is 0 Å². The molecule has 0 amide bonds. The van der Waals surface area contributed by atoms with Crippen LogP contribution in [-0.4, -0.2) is 21.1 Å². The Morgan fingerprint density at radius 1 is 1.40 bits per heavy atom. The molecule has 0 aromatic carbocycles. The van der Waals surface area contributed by atoms with Gasteiger partial charge in [0, 0.05) is 24.6 Å². The van der Waals surface area contributed by atoms with Crippen LogP contribution in [0.25, 0.3) is 0 Å². The molecule has 0 saturated heterocycles. The Bertz CT molecular complexity index is 690. The number of rotatable bonds is 5. The van der Waals surface area contributed by atoms with E-state index in [-0.39, 0.29) is 18.2 Å². The van der Waals surface area contributed by atoms with E-state index < -0.39 is 6.23 Å². The fraction of sp³-hybridized carbons (Fsp3) is 0.650. The molecule has 4 nitrogen and oxygen atoms in total. The van der Waals surface area contributed by atoms with Gasteiger partial charge in [0.1, 0.15) is 12.1 Å². The number of hydrogen-bond donors (Lipinski definition) is 2. The van der Waals surface area contributed by atoms with E-state index in [1.54, 1.807) is 0 Å². The lowest BCUT2D eigenvalue weighted by atomic mass is 9.86. The molecule has 3 rings (SSSR count). The second kappa shape index (κ2) is 8.16. The van der Waals surface area contributed by atoms with Gasteiger partial charge < -0.3 is 10.8 Å². The number of aliphatic hydroxyl groups excluding tert-OH is 1. The average molecular weight is 345 g/mol. The molecule has 2 aliphatic rings. The van der Waals surface area contributed by atoms with Gasteiger partial charge in [-0.2, -0.15) is 5.10 Å². The Labute approximate surface area is 149 Å². The van der Waals surface area contributed by atoms with E-state index in [1.165, 1.54) is 37.8 Å². The zero-order chi connectivity index (χ0) is 17.8. The van der Waals surface area contributed by atoms with Crippen molar-refractivity contribution in [2.75, 3.05) is 0 Å². The van der Waals surface area contributed by atoms with Gasteiger partial charge in [0.25, 0.3) is 0 Å². The molecule has 0 spiro atoms. The summed E-state index contributed by atoms with van der Waals surface area (Å²) in [7, 11) is 0. The van der Waals surface area contributed by atoms with Gasteiger partial charge in [0.2, 0.25) is 0 Å². The maximum absolute atomic E-state index is 13.8. The van der Waals surface area contributed by atoms with Crippen molar-refractivity contribution in [2.45, 2.75) is 82.9 Å². The lowest BCUT2D eigenvalue weighted by Crippen LogP contribution is -2.22. The Hall–Kier alpha value is -1.64. The van der Waals surface area contributed by atoms with E-state index in [0.717, 1.165) is 11.3 Å². The van der Waals surface area contributed by atoms with Crippen molar-refractivity contribution in [2.24, 2.45) is 5.73 Å². The predicted molar refractivity (Wildman–Crippen MR) is 96.4 cm³/mol. The number of nitrogens with two attached hydrogens (primary N) is 1. The second-order valence-corrected chi connectivity index (χ2v) is 7.35. The summed E-state index contributed by atoms with van der Waals surface area (Å²) in [4.78, 5) is 0. The van der Waals surface area contributed by atoms with Crippen molar-refractivity contribution >= 4 is 0 Å². The van der Waals surface area contributed by atoms with Crippen LogP contribution in [0.5, 0.6) is 0 Å². The molecular formula is C20H28FN3O. The predicted octanol–water partition coefficient (Wildman–Crippen LogP) is 3.72. The summed E-state index contributed by atoms with van der Waals surface area (Å²) in [5.41, 5.74) is 8.42. The topological polar surface area (TPSA) is 64.1 Å². The summed E-state index contributed by atoms with van der Waals surface area (Å²) in [6.07, 6.45) is 6.62. The Morgan fingerprint density at radius 2 is 2.16 bits per heavy atom. The third-order valence-corrected chi connectivity index (χ3v) is 5.34. The third kappa shape index (κ3) is 4.50. The zero-order valence-corrected chi connectivity index (χ0v) is 15.0. The lowest BCUT2D eigenvalue weighted by Gasteiger charge is -2.22. The van der Waals surface area contributed by atoms with E-state index in [4.69, 9.17) is 10.8 Å². The highest BCUT2D eigenvalue weighted by atomic mass is 19.1. The van der Waals surface area contributed by atoms with Gasteiger partial charge in [0.05, 0.1) is 18.0 Å². The van der Waals surface area contributed by atoms with Gasteiger partial charge in [-0.15, -0.1) is 0 Å². The molecule has 2 atom stereocenters. The van der Waals surface area contributed by atoms with Crippen molar-refractivity contribution in [1.29, 1.82) is 0 Å². The quantitative estimate of drug-likeness (QED) is 0.631. The van der Waals surface area contributed by atoms with Gasteiger partial charge >= 0.3 is 0 Å². The first-order chi connectivity index (χ1) is 12.0. The zero-order valence-electron chi connectivity index (χ0n) is 15.0. The van der Waals surface area contributed by atoms with E-state index >= 15 is 0 Å². The smallest absolute Gasteiger partial charge is 0.111 e. The van der Waals surface area contributed by atoms with Crippen molar-refractivity contribution in [3.63, 3.8) is 0 Å². The fourth-order valence-electron chi connectivity index (χ4n) is 3.83. The molecule has 0 bridgehead atoms. The van der Waals surface area contributed by atoms with Crippen LogP contribution in [0.4, 0.5) is 4.39 Å². The molecule has 2 unspecified atom stereocenters. The van der Waals surface area contributed by atoms with Crippen LogP contribution in [0.15, 0.2) is 17.5 Å². The number of aromatic nitrogens is 2. The summed E-state index contributed by atoms with van der Waals surface area (Å²) in [6, 6.07) is 2.16. The van der Waals surface area contributed by atoms with E-state index in [9.17, 15) is 9.50 Å². The standard InChI is InChI=1S/C20H28FN3O/c1-14-12-16(8-5-9-17(14)21)18-13-19(15-6-3-2-4-7-15)24(23-18)11-10-20(22)25/h13,15-16,20,25H,2-4,6-7,9-12,22H2,1H3. The molecule has 0 aliphatic heterocycles. The Morgan fingerprint density at radius 3 is 2.88 bits per heavy atom. The lowest BCUT2D eigenvalue weighted by molar-refractivity contribution is 0.163. The van der Waals surface area contributed by atoms with Gasteiger partial charge in [-0.25, -0.2) is 4.39 Å². The third-order valence-electron chi connectivity index (χ3n) is 5.34. The van der Waals surface area contributed by atoms with Crippen LogP contribution in [0, 0.1) is 11.8 Å². The highest BCUT2D eigenvalue weighted by Gasteiger charge is 2.24. The van der Waals surface area contributed by atoms with Crippen LogP contribution < -0.4 is 5.73 Å². The number of hydrogen-bond acceptors (Lipinski definition) is 3. The summed E-state index contributed by atoms with van der Waals surface area (Å²) in [5.74, 6) is 6.48. The Balaban J connectivity index is 1.87. The first kappa shape index (κ1) is 18.2. The number of aliphatic hydroxyl groups is 1. The summed E-state index contributed by atoms with van der Waals surface area (Å²) in [5, 5.41) is 14.2. The fourth-order valence-corrected chi connectivity index (χ4v) is 3.83. The highest BCUT2D eigenvalue weighted by Crippen LogP contribution is 2.35. The minimum atomic E-state index is -0.830. The molecule has 1 fully saturated rings. The van der Waals surface area contributed by atoms with Crippen molar-refractivity contribution in [3.8, 4) is 11.8 Å². The van der Waals surface area contributed by atoms with Crippen LogP contribution in [-0.2, 0) is 6.54 Å². The van der Waals surface area contributed by atoms with Crippen LogP contribution in [0.3, 0.4) is 0 Å². The van der Waals surface area contributed by atoms with Gasteiger partial charge in [-0.3, -0.25) is 4.68 Å². The van der Waals surface area contributed by atoms with Crippen molar-refractivity contribution in [3.05, 3.63) is 28.9 Å². The number of aryl methyl sites for hydroxylation is 1. The molecular weight excluding hydrogens is 317 g/mol. The second-order valence-electron chi connectivity index (χ2n) is 7.35. The summed E-state index contributed by atoms with van der Waals surface area (Å²) < 4.78 is 15.8. The Kier molecular flexibility index (Phi) is 5.93. The first-order valence-electron chi connectivity index (χ1n) is 9.38. The number of halogens is 1. The molecule has 5 heteroatoms. The summed E-state index contributed by atoms with van der Waals surface area (Å²) >= 11 is 0.